The summed E-state index contributed by atoms with van der Waals surface area (Å²) in [6, 6.07) is 11.8. The summed E-state index contributed by atoms with van der Waals surface area (Å²) in [6.07, 6.45) is 0. The van der Waals surface area contributed by atoms with Crippen LogP contribution >= 0.6 is 0 Å². The van der Waals surface area contributed by atoms with Gasteiger partial charge in [-0.3, -0.25) is 0 Å². The topological polar surface area (TPSA) is 65.2 Å². The molecule has 0 atom stereocenters. The number of nitrogens with zero attached hydrogens (tertiary/aromatic N) is 2. The Hall–Kier alpha value is -1.70. The van der Waals surface area contributed by atoms with Crippen LogP contribution in [0.4, 0.5) is 11.4 Å². The van der Waals surface area contributed by atoms with Crippen molar-refractivity contribution in [1.29, 1.82) is 0 Å². The number of phenolic OH excluding ortho intramolecular Hbond substituents is 2. The van der Waals surface area contributed by atoms with Crippen LogP contribution in [0.3, 0.4) is 0 Å². The summed E-state index contributed by atoms with van der Waals surface area (Å²) in [6.45, 7) is 0. The van der Waals surface area contributed by atoms with Gasteiger partial charge in [0.2, 0.25) is 0 Å². The molecule has 0 radical (unpaired) electrons. The zero-order valence-corrected chi connectivity index (χ0v) is 11.4. The summed E-state index contributed by atoms with van der Waals surface area (Å²) in [5.74, 6) is 0.136. The number of benzene rings is 2. The molecule has 0 aliphatic rings. The molecule has 0 fully saturated rings. The van der Waals surface area contributed by atoms with Gasteiger partial charge in [-0.05, 0) is 0 Å². The second-order valence-electron chi connectivity index (χ2n) is 3.32. The van der Waals surface area contributed by atoms with Crippen molar-refractivity contribution in [3.05, 3.63) is 42.5 Å². The second kappa shape index (κ2) is 5.09. The summed E-state index contributed by atoms with van der Waals surface area (Å²) in [4.78, 5) is 0. The number of rotatable bonds is 2. The van der Waals surface area contributed by atoms with E-state index in [0.29, 0.717) is 11.4 Å². The van der Waals surface area contributed by atoms with Crippen molar-refractivity contribution in [2.45, 2.75) is 0 Å². The zero-order chi connectivity index (χ0) is 12.3. The van der Waals surface area contributed by atoms with Gasteiger partial charge in [-0.1, -0.05) is 0 Å². The molecule has 17 heavy (non-hydrogen) atoms. The molecule has 0 aliphatic carbocycles. The first kappa shape index (κ1) is 11.8. The van der Waals surface area contributed by atoms with Gasteiger partial charge in [-0.15, -0.1) is 0 Å². The zero-order valence-electron chi connectivity index (χ0n) is 8.71. The molecule has 2 aromatic carbocycles. The molecule has 0 saturated heterocycles. The third-order valence-corrected chi connectivity index (χ3v) is 2.93. The average Bonchev–Trinajstić information content (AvgIpc) is 2.32. The standard InChI is InChI=1S/C12H9N2O2.Re/c15-11-7-3-1-5-9(11)13-14-10-6-2-4-8-12(10)16;/h1,3-8,15-16H;. The Morgan fingerprint density at radius 2 is 1.47 bits per heavy atom. The van der Waals surface area contributed by atoms with Gasteiger partial charge in [-0.2, -0.15) is 0 Å². The van der Waals surface area contributed by atoms with E-state index in [4.69, 9.17) is 0 Å². The number of hydrogen-bond donors (Lipinski definition) is 2. The van der Waals surface area contributed by atoms with E-state index in [1.54, 1.807) is 30.3 Å². The molecular formula is C12H9N2O2Re. The van der Waals surface area contributed by atoms with E-state index in [1.165, 1.54) is 25.3 Å². The van der Waals surface area contributed by atoms with Crippen molar-refractivity contribution in [2.24, 2.45) is 10.2 Å². The Balaban J connectivity index is 2.32. The molecule has 2 N–H and O–H groups in total. The SMILES string of the molecule is Oc1ccccc1N=Nc1c[c]([Re])ccc1O. The van der Waals surface area contributed by atoms with Crippen molar-refractivity contribution >= 4 is 15.4 Å². The van der Waals surface area contributed by atoms with Crippen molar-refractivity contribution in [2.75, 3.05) is 0 Å². The molecule has 0 amide bonds. The summed E-state index contributed by atoms with van der Waals surface area (Å²) in [5.41, 5.74) is 0.770. The number of aromatic hydroxyl groups is 2. The first-order valence-corrected chi connectivity index (χ1v) is 6.21. The van der Waals surface area contributed by atoms with Gasteiger partial charge in [0.05, 0.1) is 0 Å². The molecule has 0 saturated carbocycles. The van der Waals surface area contributed by atoms with E-state index in [0.717, 1.165) is 4.04 Å². The third kappa shape index (κ3) is 2.90. The second-order valence-corrected chi connectivity index (χ2v) is 4.89. The predicted molar refractivity (Wildman–Crippen MR) is 60.0 cm³/mol. The first-order chi connectivity index (χ1) is 8.16. The van der Waals surface area contributed by atoms with Crippen LogP contribution in [0.2, 0.25) is 0 Å². The summed E-state index contributed by atoms with van der Waals surface area (Å²) in [5, 5.41) is 26.9. The van der Waals surface area contributed by atoms with Gasteiger partial charge in [-0.25, -0.2) is 0 Å². The molecule has 0 spiro atoms. The van der Waals surface area contributed by atoms with Crippen LogP contribution in [0.25, 0.3) is 0 Å². The van der Waals surface area contributed by atoms with Crippen molar-refractivity contribution in [3.8, 4) is 11.5 Å². The molecule has 86 valence electrons. The van der Waals surface area contributed by atoms with E-state index in [1.807, 2.05) is 6.07 Å². The van der Waals surface area contributed by atoms with Crippen LogP contribution in [0.15, 0.2) is 52.7 Å². The van der Waals surface area contributed by atoms with Gasteiger partial charge in [0.25, 0.3) is 0 Å². The van der Waals surface area contributed by atoms with E-state index in [2.05, 4.69) is 10.2 Å². The van der Waals surface area contributed by atoms with Crippen LogP contribution < -0.4 is 4.04 Å². The average molecular weight is 399 g/mol. The van der Waals surface area contributed by atoms with Gasteiger partial charge < -0.3 is 0 Å². The molecule has 2 rings (SSSR count). The fraction of sp³-hybridized carbons (Fsp3) is 0. The Bertz CT molecular complexity index is 570. The Labute approximate surface area is 109 Å². The molecule has 0 aliphatic heterocycles. The van der Waals surface area contributed by atoms with Crippen LogP contribution in [0.1, 0.15) is 0 Å². The number of para-hydroxylation sites is 1. The molecular weight excluding hydrogens is 390 g/mol. The van der Waals surface area contributed by atoms with Crippen molar-refractivity contribution < 1.29 is 29.4 Å². The molecule has 0 unspecified atom stereocenters. The van der Waals surface area contributed by atoms with E-state index >= 15 is 0 Å². The fourth-order valence-corrected chi connectivity index (χ4v) is 1.83. The van der Waals surface area contributed by atoms with Gasteiger partial charge in [0.1, 0.15) is 0 Å². The summed E-state index contributed by atoms with van der Waals surface area (Å²) in [7, 11) is 0. The van der Waals surface area contributed by atoms with E-state index in [9.17, 15) is 10.2 Å². The molecule has 0 heterocycles. The molecule has 5 heteroatoms. The summed E-state index contributed by atoms with van der Waals surface area (Å²) < 4.78 is 1.04. The first-order valence-electron chi connectivity index (χ1n) is 4.85. The Morgan fingerprint density at radius 3 is 2.24 bits per heavy atom. The minimum atomic E-state index is 0.0622. The Kier molecular flexibility index (Phi) is 3.53. The number of azo groups is 1. The van der Waals surface area contributed by atoms with E-state index < -0.39 is 0 Å². The van der Waals surface area contributed by atoms with Gasteiger partial charge in [0.15, 0.2) is 0 Å². The maximum absolute atomic E-state index is 9.57. The predicted octanol–water partition coefficient (Wildman–Crippen LogP) is 2.69. The maximum atomic E-state index is 9.57. The van der Waals surface area contributed by atoms with Gasteiger partial charge in [0, 0.05) is 0 Å². The van der Waals surface area contributed by atoms with E-state index in [-0.39, 0.29) is 11.5 Å². The molecule has 2 aromatic rings. The Morgan fingerprint density at radius 1 is 0.824 bits per heavy atom. The van der Waals surface area contributed by atoms with Crippen LogP contribution in [-0.4, -0.2) is 10.2 Å². The summed E-state index contributed by atoms with van der Waals surface area (Å²) >= 11 is 1.49. The fourth-order valence-electron chi connectivity index (χ4n) is 1.23. The molecule has 0 bridgehead atoms. The molecule has 4 nitrogen and oxygen atoms in total. The monoisotopic (exact) mass is 400 g/mol. The normalized spacial score (nSPS) is 10.9. The van der Waals surface area contributed by atoms with Crippen LogP contribution in [0.5, 0.6) is 11.5 Å². The van der Waals surface area contributed by atoms with Crippen LogP contribution in [-0.2, 0) is 19.2 Å². The number of hydrogen-bond acceptors (Lipinski definition) is 4. The number of phenols is 2. The minimum absolute atomic E-state index is 0.0622. The molecule has 0 aromatic heterocycles. The quantitative estimate of drug-likeness (QED) is 0.763. The third-order valence-electron chi connectivity index (χ3n) is 2.08. The van der Waals surface area contributed by atoms with Crippen LogP contribution in [0, 0.1) is 0 Å². The van der Waals surface area contributed by atoms with Crippen molar-refractivity contribution in [3.63, 3.8) is 0 Å². The van der Waals surface area contributed by atoms with Gasteiger partial charge >= 0.3 is 109 Å². The van der Waals surface area contributed by atoms with Crippen molar-refractivity contribution in [1.82, 2.24) is 0 Å².